The van der Waals surface area contributed by atoms with Crippen LogP contribution in [0.2, 0.25) is 0 Å². The molecule has 2 aromatic heterocycles. The number of fused-ring (bicyclic) bond motifs is 1. The molecule has 0 amide bonds. The lowest BCUT2D eigenvalue weighted by molar-refractivity contribution is 0.769. The molecule has 1 N–H and O–H groups in total. The molecular formula is C11H15N3. The van der Waals surface area contributed by atoms with E-state index in [2.05, 4.69) is 35.7 Å². The highest BCUT2D eigenvalue weighted by atomic mass is 14.9. The molecule has 0 aliphatic carbocycles. The Labute approximate surface area is 83.6 Å². The number of H-pyrrole nitrogens is 1. The van der Waals surface area contributed by atoms with Crippen LogP contribution in [-0.4, -0.2) is 15.0 Å². The molecule has 0 spiro atoms. The van der Waals surface area contributed by atoms with Crippen LogP contribution in [0.3, 0.4) is 0 Å². The Kier molecular flexibility index (Phi) is 2.23. The van der Waals surface area contributed by atoms with Crippen molar-refractivity contribution in [2.24, 2.45) is 0 Å². The van der Waals surface area contributed by atoms with Crippen molar-refractivity contribution >= 4 is 11.0 Å². The second-order valence-corrected chi connectivity index (χ2v) is 3.77. The monoisotopic (exact) mass is 189 g/mol. The smallest absolute Gasteiger partial charge is 0.131 e. The van der Waals surface area contributed by atoms with E-state index in [1.807, 2.05) is 12.3 Å². The fraction of sp³-hybridized carbons (Fsp3) is 0.455. The van der Waals surface area contributed by atoms with Gasteiger partial charge in [0.25, 0.3) is 0 Å². The van der Waals surface area contributed by atoms with Crippen molar-refractivity contribution in [1.82, 2.24) is 15.0 Å². The van der Waals surface area contributed by atoms with Crippen LogP contribution >= 0.6 is 0 Å². The van der Waals surface area contributed by atoms with E-state index in [9.17, 15) is 0 Å². The van der Waals surface area contributed by atoms with Gasteiger partial charge in [0.15, 0.2) is 0 Å². The summed E-state index contributed by atoms with van der Waals surface area (Å²) in [6.45, 7) is 6.35. The van der Waals surface area contributed by atoms with Gasteiger partial charge >= 0.3 is 0 Å². The lowest BCUT2D eigenvalue weighted by Crippen LogP contribution is -2.01. The molecule has 0 aliphatic heterocycles. The van der Waals surface area contributed by atoms with Crippen LogP contribution in [0.25, 0.3) is 11.0 Å². The van der Waals surface area contributed by atoms with Crippen molar-refractivity contribution in [3.05, 3.63) is 23.8 Å². The van der Waals surface area contributed by atoms with Crippen LogP contribution < -0.4 is 0 Å². The number of aromatic amines is 1. The highest BCUT2D eigenvalue weighted by molar-refractivity contribution is 5.77. The second kappa shape index (κ2) is 3.40. The quantitative estimate of drug-likeness (QED) is 0.789. The first-order valence-corrected chi connectivity index (χ1v) is 5.06. The Balaban J connectivity index is 2.67. The molecule has 0 saturated carbocycles. The average molecular weight is 189 g/mol. The lowest BCUT2D eigenvalue weighted by Gasteiger charge is -2.06. The van der Waals surface area contributed by atoms with Crippen LogP contribution in [0.15, 0.2) is 12.3 Å². The molecule has 0 atom stereocenters. The molecule has 14 heavy (non-hydrogen) atoms. The maximum Gasteiger partial charge on any atom is 0.131 e. The van der Waals surface area contributed by atoms with E-state index in [0.717, 1.165) is 29.0 Å². The standard InChI is InChI=1S/C11H15N3/c1-4-8-10-9(5-6-12-10)14-11(13-8)7(2)3/h5-7,12H,4H2,1-3H3. The number of aromatic nitrogens is 3. The van der Waals surface area contributed by atoms with E-state index in [4.69, 9.17) is 0 Å². The summed E-state index contributed by atoms with van der Waals surface area (Å²) in [5.74, 6) is 1.33. The number of hydrogen-bond acceptors (Lipinski definition) is 2. The van der Waals surface area contributed by atoms with Gasteiger partial charge in [-0.3, -0.25) is 0 Å². The number of nitrogens with one attached hydrogen (secondary N) is 1. The van der Waals surface area contributed by atoms with Gasteiger partial charge in [-0.1, -0.05) is 20.8 Å². The molecule has 3 heteroatoms. The molecule has 0 fully saturated rings. The molecule has 0 unspecified atom stereocenters. The van der Waals surface area contributed by atoms with Gasteiger partial charge in [-0.2, -0.15) is 0 Å². The van der Waals surface area contributed by atoms with Crippen molar-refractivity contribution in [2.45, 2.75) is 33.1 Å². The van der Waals surface area contributed by atoms with Gasteiger partial charge in [0, 0.05) is 12.1 Å². The summed E-state index contributed by atoms with van der Waals surface area (Å²) >= 11 is 0. The van der Waals surface area contributed by atoms with Crippen LogP contribution in [0, 0.1) is 0 Å². The van der Waals surface area contributed by atoms with Gasteiger partial charge < -0.3 is 4.98 Å². The summed E-state index contributed by atoms with van der Waals surface area (Å²) < 4.78 is 0. The predicted molar refractivity (Wildman–Crippen MR) is 57.4 cm³/mol. The molecule has 2 rings (SSSR count). The highest BCUT2D eigenvalue weighted by Crippen LogP contribution is 2.18. The number of rotatable bonds is 2. The first-order valence-electron chi connectivity index (χ1n) is 5.06. The van der Waals surface area contributed by atoms with Crippen molar-refractivity contribution < 1.29 is 0 Å². The molecule has 0 saturated heterocycles. The summed E-state index contributed by atoms with van der Waals surface area (Å²) in [6.07, 6.45) is 2.86. The zero-order valence-electron chi connectivity index (χ0n) is 8.83. The minimum Gasteiger partial charge on any atom is -0.358 e. The summed E-state index contributed by atoms with van der Waals surface area (Å²) in [5, 5.41) is 0. The molecule has 2 heterocycles. The fourth-order valence-corrected chi connectivity index (χ4v) is 1.54. The maximum atomic E-state index is 4.55. The summed E-state index contributed by atoms with van der Waals surface area (Å²) in [4.78, 5) is 12.2. The number of aryl methyl sites for hydroxylation is 1. The SMILES string of the molecule is CCc1nc(C(C)C)nc2cc[nH]c12. The minimum absolute atomic E-state index is 0.389. The minimum atomic E-state index is 0.389. The van der Waals surface area contributed by atoms with Gasteiger partial charge in [-0.05, 0) is 12.5 Å². The molecule has 3 nitrogen and oxygen atoms in total. The molecule has 0 radical (unpaired) electrons. The van der Waals surface area contributed by atoms with Gasteiger partial charge in [-0.15, -0.1) is 0 Å². The van der Waals surface area contributed by atoms with Gasteiger partial charge in [-0.25, -0.2) is 9.97 Å². The van der Waals surface area contributed by atoms with E-state index in [0.29, 0.717) is 5.92 Å². The topological polar surface area (TPSA) is 41.6 Å². The first kappa shape index (κ1) is 9.19. The van der Waals surface area contributed by atoms with E-state index < -0.39 is 0 Å². The van der Waals surface area contributed by atoms with Crippen LogP contribution in [0.1, 0.15) is 38.2 Å². The van der Waals surface area contributed by atoms with Crippen LogP contribution in [0.5, 0.6) is 0 Å². The number of nitrogens with zero attached hydrogens (tertiary/aromatic N) is 2. The Hall–Kier alpha value is -1.38. The zero-order valence-corrected chi connectivity index (χ0v) is 8.83. The van der Waals surface area contributed by atoms with Crippen molar-refractivity contribution in [2.75, 3.05) is 0 Å². The summed E-state index contributed by atoms with van der Waals surface area (Å²) in [6, 6.07) is 2.00. The normalized spacial score (nSPS) is 11.4. The van der Waals surface area contributed by atoms with Crippen molar-refractivity contribution in [1.29, 1.82) is 0 Å². The first-order chi connectivity index (χ1) is 6.72. The van der Waals surface area contributed by atoms with Crippen LogP contribution in [0.4, 0.5) is 0 Å². The maximum absolute atomic E-state index is 4.55. The zero-order chi connectivity index (χ0) is 10.1. The largest absolute Gasteiger partial charge is 0.358 e. The fourth-order valence-electron chi connectivity index (χ4n) is 1.54. The molecular weight excluding hydrogens is 174 g/mol. The average Bonchev–Trinajstić information content (AvgIpc) is 2.63. The molecule has 0 aromatic carbocycles. The molecule has 74 valence electrons. The lowest BCUT2D eigenvalue weighted by atomic mass is 10.2. The van der Waals surface area contributed by atoms with Crippen LogP contribution in [-0.2, 0) is 6.42 Å². The Morgan fingerprint density at radius 1 is 1.36 bits per heavy atom. The molecule has 0 bridgehead atoms. The third-order valence-electron chi connectivity index (χ3n) is 2.35. The third-order valence-corrected chi connectivity index (χ3v) is 2.35. The predicted octanol–water partition coefficient (Wildman–Crippen LogP) is 2.64. The van der Waals surface area contributed by atoms with Crippen molar-refractivity contribution in [3.8, 4) is 0 Å². The van der Waals surface area contributed by atoms with Crippen molar-refractivity contribution in [3.63, 3.8) is 0 Å². The Morgan fingerprint density at radius 2 is 2.14 bits per heavy atom. The molecule has 0 aliphatic rings. The van der Waals surface area contributed by atoms with E-state index >= 15 is 0 Å². The highest BCUT2D eigenvalue weighted by Gasteiger charge is 2.09. The van der Waals surface area contributed by atoms with Gasteiger partial charge in [0.05, 0.1) is 16.7 Å². The third kappa shape index (κ3) is 1.39. The van der Waals surface area contributed by atoms with E-state index in [1.54, 1.807) is 0 Å². The summed E-state index contributed by atoms with van der Waals surface area (Å²) in [7, 11) is 0. The van der Waals surface area contributed by atoms with Gasteiger partial charge in [0.1, 0.15) is 5.82 Å². The van der Waals surface area contributed by atoms with E-state index in [-0.39, 0.29) is 0 Å². The molecule has 2 aromatic rings. The summed E-state index contributed by atoms with van der Waals surface area (Å²) in [5.41, 5.74) is 3.22. The second-order valence-electron chi connectivity index (χ2n) is 3.77. The van der Waals surface area contributed by atoms with E-state index in [1.165, 1.54) is 0 Å². The number of hydrogen-bond donors (Lipinski definition) is 1. The Morgan fingerprint density at radius 3 is 2.79 bits per heavy atom. The van der Waals surface area contributed by atoms with Gasteiger partial charge in [0.2, 0.25) is 0 Å². The Bertz CT molecular complexity index is 443.